The summed E-state index contributed by atoms with van der Waals surface area (Å²) >= 11 is 0. The quantitative estimate of drug-likeness (QED) is 0.234. The Kier molecular flexibility index (Phi) is 7.17. The van der Waals surface area contributed by atoms with Crippen LogP contribution in [-0.2, 0) is 13.2 Å². The summed E-state index contributed by atoms with van der Waals surface area (Å²) < 4.78 is 11.5. The van der Waals surface area contributed by atoms with Gasteiger partial charge in [0.05, 0.1) is 25.6 Å². The first-order valence-electron chi connectivity index (χ1n) is 10.6. The Morgan fingerprint density at radius 2 is 1.34 bits per heavy atom. The molecule has 0 aliphatic heterocycles. The maximum atomic E-state index is 6.04. The number of anilines is 1. The van der Waals surface area contributed by atoms with Gasteiger partial charge >= 0.3 is 0 Å². The van der Waals surface area contributed by atoms with E-state index in [4.69, 9.17) is 14.6 Å². The standard InChI is InChI=1S/C28H26N2O2/c1-31-27-18-17-25(19-28(27)32-22-24-13-7-3-8-14-24)20-29-30(26-15-9-4-10-16-26)21-23-11-5-2-6-12-23/h2-20H,21-22H2,1H3. The van der Waals surface area contributed by atoms with Crippen molar-refractivity contribution >= 4 is 11.9 Å². The molecular weight excluding hydrogens is 396 g/mol. The van der Waals surface area contributed by atoms with Crippen molar-refractivity contribution in [1.82, 2.24) is 0 Å². The number of methoxy groups -OCH3 is 1. The molecule has 4 aromatic rings. The van der Waals surface area contributed by atoms with Crippen molar-refractivity contribution in [2.24, 2.45) is 5.10 Å². The highest BCUT2D eigenvalue weighted by Crippen LogP contribution is 2.28. The van der Waals surface area contributed by atoms with Crippen molar-refractivity contribution in [3.8, 4) is 11.5 Å². The molecule has 32 heavy (non-hydrogen) atoms. The normalized spacial score (nSPS) is 10.8. The van der Waals surface area contributed by atoms with Crippen LogP contribution in [0.25, 0.3) is 0 Å². The molecule has 0 bridgehead atoms. The van der Waals surface area contributed by atoms with Gasteiger partial charge in [0.2, 0.25) is 0 Å². The molecule has 0 amide bonds. The molecule has 0 aliphatic rings. The Labute approximate surface area is 189 Å². The summed E-state index contributed by atoms with van der Waals surface area (Å²) in [5, 5.41) is 6.78. The highest BCUT2D eigenvalue weighted by atomic mass is 16.5. The van der Waals surface area contributed by atoms with Crippen LogP contribution >= 0.6 is 0 Å². The van der Waals surface area contributed by atoms with Gasteiger partial charge in [-0.1, -0.05) is 78.9 Å². The minimum absolute atomic E-state index is 0.474. The molecule has 160 valence electrons. The molecule has 0 saturated carbocycles. The fourth-order valence-electron chi connectivity index (χ4n) is 3.31. The van der Waals surface area contributed by atoms with Gasteiger partial charge < -0.3 is 9.47 Å². The second-order valence-electron chi connectivity index (χ2n) is 7.31. The lowest BCUT2D eigenvalue weighted by molar-refractivity contribution is 0.284. The van der Waals surface area contributed by atoms with E-state index in [0.717, 1.165) is 16.8 Å². The zero-order valence-corrected chi connectivity index (χ0v) is 18.1. The number of ether oxygens (including phenoxy) is 2. The average molecular weight is 423 g/mol. The van der Waals surface area contributed by atoms with Gasteiger partial charge in [-0.25, -0.2) is 0 Å². The number of hydrazone groups is 1. The summed E-state index contributed by atoms with van der Waals surface area (Å²) in [7, 11) is 1.65. The summed E-state index contributed by atoms with van der Waals surface area (Å²) in [5.41, 5.74) is 4.26. The van der Waals surface area contributed by atoms with Crippen molar-refractivity contribution in [2.45, 2.75) is 13.2 Å². The molecule has 0 aliphatic carbocycles. The van der Waals surface area contributed by atoms with Crippen molar-refractivity contribution in [1.29, 1.82) is 0 Å². The molecule has 0 saturated heterocycles. The summed E-state index contributed by atoms with van der Waals surface area (Å²) in [6.45, 7) is 1.15. The SMILES string of the molecule is COc1ccc(C=NN(Cc2ccccc2)c2ccccc2)cc1OCc1ccccc1. The first-order valence-corrected chi connectivity index (χ1v) is 10.6. The summed E-state index contributed by atoms with van der Waals surface area (Å²) in [4.78, 5) is 0. The number of nitrogens with zero attached hydrogens (tertiary/aromatic N) is 2. The van der Waals surface area contributed by atoms with Gasteiger partial charge in [-0.15, -0.1) is 0 Å². The van der Waals surface area contributed by atoms with E-state index in [2.05, 4.69) is 24.3 Å². The third-order valence-corrected chi connectivity index (χ3v) is 5.00. The van der Waals surface area contributed by atoms with Crippen LogP contribution < -0.4 is 14.5 Å². The molecule has 4 heteroatoms. The summed E-state index contributed by atoms with van der Waals surface area (Å²) in [6, 6.07) is 36.4. The number of benzene rings is 4. The lowest BCUT2D eigenvalue weighted by Crippen LogP contribution is -2.16. The number of hydrogen-bond donors (Lipinski definition) is 0. The van der Waals surface area contributed by atoms with E-state index in [-0.39, 0.29) is 0 Å². The Hall–Kier alpha value is -4.05. The van der Waals surface area contributed by atoms with Gasteiger partial charge in [-0.3, -0.25) is 5.01 Å². The summed E-state index contributed by atoms with van der Waals surface area (Å²) in [5.74, 6) is 1.39. The predicted molar refractivity (Wildman–Crippen MR) is 130 cm³/mol. The van der Waals surface area contributed by atoms with E-state index in [1.165, 1.54) is 5.56 Å². The molecule has 0 aromatic heterocycles. The highest BCUT2D eigenvalue weighted by Gasteiger charge is 2.08. The molecule has 4 nitrogen and oxygen atoms in total. The number of hydrogen-bond acceptors (Lipinski definition) is 4. The molecule has 0 fully saturated rings. The van der Waals surface area contributed by atoms with Gasteiger partial charge in [-0.05, 0) is 47.0 Å². The maximum absolute atomic E-state index is 6.04. The lowest BCUT2D eigenvalue weighted by atomic mass is 10.2. The maximum Gasteiger partial charge on any atom is 0.162 e. The third kappa shape index (κ3) is 5.76. The third-order valence-electron chi connectivity index (χ3n) is 5.00. The first kappa shape index (κ1) is 21.2. The molecule has 4 aromatic carbocycles. The van der Waals surface area contributed by atoms with E-state index in [1.54, 1.807) is 7.11 Å². The Balaban J connectivity index is 1.55. The second-order valence-corrected chi connectivity index (χ2v) is 7.31. The van der Waals surface area contributed by atoms with E-state index >= 15 is 0 Å². The van der Waals surface area contributed by atoms with Gasteiger partial charge in [0.1, 0.15) is 6.61 Å². The Morgan fingerprint density at radius 1 is 0.719 bits per heavy atom. The average Bonchev–Trinajstić information content (AvgIpc) is 2.87. The number of rotatable bonds is 9. The van der Waals surface area contributed by atoms with Crippen molar-refractivity contribution in [3.63, 3.8) is 0 Å². The number of para-hydroxylation sites is 1. The monoisotopic (exact) mass is 422 g/mol. The molecule has 0 unspecified atom stereocenters. The van der Waals surface area contributed by atoms with Gasteiger partial charge in [0.15, 0.2) is 11.5 Å². The molecule has 0 spiro atoms. The molecule has 0 N–H and O–H groups in total. The highest BCUT2D eigenvalue weighted by molar-refractivity contribution is 5.81. The smallest absolute Gasteiger partial charge is 0.162 e. The topological polar surface area (TPSA) is 34.1 Å². The zero-order valence-electron chi connectivity index (χ0n) is 18.1. The Bertz CT molecular complexity index is 1130. The molecule has 0 radical (unpaired) electrons. The minimum Gasteiger partial charge on any atom is -0.493 e. The zero-order chi connectivity index (χ0) is 22.0. The molecular formula is C28H26N2O2. The minimum atomic E-state index is 0.474. The van der Waals surface area contributed by atoms with Crippen LogP contribution in [0, 0.1) is 0 Å². The van der Waals surface area contributed by atoms with Crippen LogP contribution in [0.1, 0.15) is 16.7 Å². The van der Waals surface area contributed by atoms with Crippen molar-refractivity contribution < 1.29 is 9.47 Å². The van der Waals surface area contributed by atoms with E-state index in [9.17, 15) is 0 Å². The summed E-state index contributed by atoms with van der Waals surface area (Å²) in [6.07, 6.45) is 1.85. The van der Waals surface area contributed by atoms with E-state index in [1.807, 2.05) is 96.2 Å². The van der Waals surface area contributed by atoms with Crippen LogP contribution in [0.2, 0.25) is 0 Å². The predicted octanol–water partition coefficient (Wildman–Crippen LogP) is 6.31. The van der Waals surface area contributed by atoms with E-state index in [0.29, 0.717) is 24.7 Å². The first-order chi connectivity index (χ1) is 15.8. The molecule has 4 rings (SSSR count). The van der Waals surface area contributed by atoms with Crippen LogP contribution in [0.3, 0.4) is 0 Å². The van der Waals surface area contributed by atoms with E-state index < -0.39 is 0 Å². The van der Waals surface area contributed by atoms with Crippen molar-refractivity contribution in [2.75, 3.05) is 12.1 Å². The van der Waals surface area contributed by atoms with Gasteiger partial charge in [-0.2, -0.15) is 5.10 Å². The fraction of sp³-hybridized carbons (Fsp3) is 0.107. The van der Waals surface area contributed by atoms with Gasteiger partial charge in [0.25, 0.3) is 0 Å². The van der Waals surface area contributed by atoms with Crippen LogP contribution in [0.15, 0.2) is 114 Å². The molecule has 0 heterocycles. The van der Waals surface area contributed by atoms with Crippen LogP contribution in [0.5, 0.6) is 11.5 Å². The second kappa shape index (κ2) is 10.8. The lowest BCUT2D eigenvalue weighted by Gasteiger charge is -2.19. The largest absolute Gasteiger partial charge is 0.493 e. The van der Waals surface area contributed by atoms with Gasteiger partial charge in [0, 0.05) is 0 Å². The van der Waals surface area contributed by atoms with Crippen LogP contribution in [0.4, 0.5) is 5.69 Å². The molecule has 0 atom stereocenters. The van der Waals surface area contributed by atoms with Crippen molar-refractivity contribution in [3.05, 3.63) is 126 Å². The fourth-order valence-corrected chi connectivity index (χ4v) is 3.31. The van der Waals surface area contributed by atoms with Crippen LogP contribution in [-0.4, -0.2) is 13.3 Å². The Morgan fingerprint density at radius 3 is 2.00 bits per heavy atom.